The molecule has 1 aromatic heterocycles. The molecule has 2 heteroatoms. The normalized spacial score (nSPS) is 23.3. The van der Waals surface area contributed by atoms with Gasteiger partial charge < -0.3 is 9.88 Å². The fourth-order valence-electron chi connectivity index (χ4n) is 2.12. The molecular weight excluding hydrogens is 148 g/mol. The predicted molar refractivity (Wildman–Crippen MR) is 50.4 cm³/mol. The van der Waals surface area contributed by atoms with Crippen LogP contribution in [0.4, 0.5) is 0 Å². The van der Waals surface area contributed by atoms with Crippen molar-refractivity contribution >= 4 is 0 Å². The van der Waals surface area contributed by atoms with Gasteiger partial charge in [0.15, 0.2) is 0 Å². The Balaban J connectivity index is 2.30. The van der Waals surface area contributed by atoms with Gasteiger partial charge in [0.2, 0.25) is 0 Å². The number of aromatic nitrogens is 1. The molecule has 1 atom stereocenters. The van der Waals surface area contributed by atoms with Crippen molar-refractivity contribution in [3.05, 3.63) is 23.5 Å². The molecule has 66 valence electrons. The Labute approximate surface area is 73.6 Å². The average Bonchev–Trinajstić information content (AvgIpc) is 2.61. The number of rotatable bonds is 1. The van der Waals surface area contributed by atoms with Crippen LogP contribution >= 0.6 is 0 Å². The maximum absolute atomic E-state index is 3.39. The molecule has 1 aliphatic rings. The van der Waals surface area contributed by atoms with Crippen LogP contribution < -0.4 is 5.32 Å². The Morgan fingerprint density at radius 2 is 2.00 bits per heavy atom. The molecule has 12 heavy (non-hydrogen) atoms. The summed E-state index contributed by atoms with van der Waals surface area (Å²) >= 11 is 0. The fourth-order valence-corrected chi connectivity index (χ4v) is 2.12. The van der Waals surface area contributed by atoms with Crippen LogP contribution in [0.2, 0.25) is 0 Å². The van der Waals surface area contributed by atoms with Gasteiger partial charge in [-0.15, -0.1) is 0 Å². The molecule has 0 spiro atoms. The van der Waals surface area contributed by atoms with E-state index in [0.717, 1.165) is 6.54 Å². The lowest BCUT2D eigenvalue weighted by Gasteiger charge is -2.15. The third-order valence-electron chi connectivity index (χ3n) is 2.73. The Morgan fingerprint density at radius 1 is 1.33 bits per heavy atom. The molecule has 1 fully saturated rings. The standard InChI is InChI=1S/C10H16N2/c1-8-3-4-9(2)12(8)10-5-6-11-7-10/h3-4,10-11H,5-7H2,1-2H3. The van der Waals surface area contributed by atoms with Crippen LogP contribution in [0, 0.1) is 13.8 Å². The van der Waals surface area contributed by atoms with Gasteiger partial charge in [-0.3, -0.25) is 0 Å². The fraction of sp³-hybridized carbons (Fsp3) is 0.600. The smallest absolute Gasteiger partial charge is 0.0472 e. The quantitative estimate of drug-likeness (QED) is 0.667. The van der Waals surface area contributed by atoms with Crippen LogP contribution in [0.1, 0.15) is 23.9 Å². The van der Waals surface area contributed by atoms with Gasteiger partial charge in [-0.2, -0.15) is 0 Å². The van der Waals surface area contributed by atoms with E-state index >= 15 is 0 Å². The van der Waals surface area contributed by atoms with Crippen LogP contribution in [0.3, 0.4) is 0 Å². The molecular formula is C10H16N2. The molecule has 0 amide bonds. The Hall–Kier alpha value is -0.760. The summed E-state index contributed by atoms with van der Waals surface area (Å²) in [5.74, 6) is 0. The predicted octanol–water partition coefficient (Wildman–Crippen LogP) is 1.64. The van der Waals surface area contributed by atoms with E-state index in [1.807, 2.05) is 0 Å². The highest BCUT2D eigenvalue weighted by atomic mass is 15.1. The van der Waals surface area contributed by atoms with Gasteiger partial charge in [0.05, 0.1) is 0 Å². The summed E-state index contributed by atoms with van der Waals surface area (Å²) in [6.45, 7) is 6.68. The summed E-state index contributed by atoms with van der Waals surface area (Å²) in [6.07, 6.45) is 1.27. The number of hydrogen-bond acceptors (Lipinski definition) is 1. The molecule has 0 aliphatic carbocycles. The van der Waals surface area contributed by atoms with Gasteiger partial charge in [-0.05, 0) is 38.9 Å². The Bertz CT molecular complexity index is 250. The monoisotopic (exact) mass is 164 g/mol. The second-order valence-electron chi connectivity index (χ2n) is 3.63. The van der Waals surface area contributed by atoms with Crippen molar-refractivity contribution in [3.8, 4) is 0 Å². The summed E-state index contributed by atoms with van der Waals surface area (Å²) in [5.41, 5.74) is 2.78. The molecule has 1 aliphatic heterocycles. The zero-order valence-electron chi connectivity index (χ0n) is 7.80. The van der Waals surface area contributed by atoms with E-state index in [1.165, 1.54) is 24.4 Å². The molecule has 0 radical (unpaired) electrons. The molecule has 1 saturated heterocycles. The van der Waals surface area contributed by atoms with Crippen molar-refractivity contribution in [1.29, 1.82) is 0 Å². The van der Waals surface area contributed by atoms with Crippen LogP contribution in [0.25, 0.3) is 0 Å². The zero-order valence-corrected chi connectivity index (χ0v) is 7.80. The molecule has 1 aromatic rings. The summed E-state index contributed by atoms with van der Waals surface area (Å²) in [6, 6.07) is 5.10. The van der Waals surface area contributed by atoms with E-state index in [9.17, 15) is 0 Å². The minimum atomic E-state index is 0.694. The Morgan fingerprint density at radius 3 is 2.50 bits per heavy atom. The van der Waals surface area contributed by atoms with E-state index in [2.05, 4.69) is 35.9 Å². The number of nitrogens with zero attached hydrogens (tertiary/aromatic N) is 1. The lowest BCUT2D eigenvalue weighted by molar-refractivity contribution is 0.526. The first kappa shape index (κ1) is 7.87. The zero-order chi connectivity index (χ0) is 8.55. The first-order valence-electron chi connectivity index (χ1n) is 4.64. The van der Waals surface area contributed by atoms with E-state index < -0.39 is 0 Å². The van der Waals surface area contributed by atoms with Gasteiger partial charge >= 0.3 is 0 Å². The molecule has 2 rings (SSSR count). The second kappa shape index (κ2) is 2.94. The summed E-state index contributed by atoms with van der Waals surface area (Å²) in [7, 11) is 0. The lowest BCUT2D eigenvalue weighted by Crippen LogP contribution is -2.15. The first-order chi connectivity index (χ1) is 5.79. The van der Waals surface area contributed by atoms with Gasteiger partial charge in [0.1, 0.15) is 0 Å². The van der Waals surface area contributed by atoms with Crippen molar-refractivity contribution in [2.24, 2.45) is 0 Å². The van der Waals surface area contributed by atoms with Gasteiger partial charge in [0, 0.05) is 24.0 Å². The molecule has 2 heterocycles. The first-order valence-corrected chi connectivity index (χ1v) is 4.64. The molecule has 0 aromatic carbocycles. The lowest BCUT2D eigenvalue weighted by atomic mass is 10.2. The third-order valence-corrected chi connectivity index (χ3v) is 2.73. The number of nitrogens with one attached hydrogen (secondary N) is 1. The molecule has 0 bridgehead atoms. The van der Waals surface area contributed by atoms with Crippen LogP contribution in [-0.2, 0) is 0 Å². The number of hydrogen-bond donors (Lipinski definition) is 1. The van der Waals surface area contributed by atoms with Crippen molar-refractivity contribution < 1.29 is 0 Å². The molecule has 2 nitrogen and oxygen atoms in total. The summed E-state index contributed by atoms with van der Waals surface area (Å²) in [5, 5.41) is 3.39. The van der Waals surface area contributed by atoms with Crippen LogP contribution in [0.15, 0.2) is 12.1 Å². The van der Waals surface area contributed by atoms with Gasteiger partial charge in [-0.25, -0.2) is 0 Å². The molecule has 1 N–H and O–H groups in total. The van der Waals surface area contributed by atoms with Gasteiger partial charge in [0.25, 0.3) is 0 Å². The molecule has 0 saturated carbocycles. The van der Waals surface area contributed by atoms with Crippen molar-refractivity contribution in [1.82, 2.24) is 9.88 Å². The average molecular weight is 164 g/mol. The minimum absolute atomic E-state index is 0.694. The molecule has 1 unspecified atom stereocenters. The summed E-state index contributed by atoms with van der Waals surface area (Å²) < 4.78 is 2.44. The highest BCUT2D eigenvalue weighted by molar-refractivity contribution is 5.15. The highest BCUT2D eigenvalue weighted by Crippen LogP contribution is 2.20. The maximum Gasteiger partial charge on any atom is 0.0472 e. The highest BCUT2D eigenvalue weighted by Gasteiger charge is 2.18. The van der Waals surface area contributed by atoms with E-state index in [1.54, 1.807) is 0 Å². The number of aryl methyl sites for hydroxylation is 2. The second-order valence-corrected chi connectivity index (χ2v) is 3.63. The van der Waals surface area contributed by atoms with Crippen LogP contribution in [0.5, 0.6) is 0 Å². The van der Waals surface area contributed by atoms with E-state index in [0.29, 0.717) is 6.04 Å². The topological polar surface area (TPSA) is 17.0 Å². The summed E-state index contributed by atoms with van der Waals surface area (Å²) in [4.78, 5) is 0. The van der Waals surface area contributed by atoms with Crippen molar-refractivity contribution in [2.45, 2.75) is 26.3 Å². The minimum Gasteiger partial charge on any atom is -0.345 e. The largest absolute Gasteiger partial charge is 0.345 e. The van der Waals surface area contributed by atoms with Crippen molar-refractivity contribution in [3.63, 3.8) is 0 Å². The SMILES string of the molecule is Cc1ccc(C)n1C1CCNC1. The van der Waals surface area contributed by atoms with Crippen LogP contribution in [-0.4, -0.2) is 17.7 Å². The van der Waals surface area contributed by atoms with Crippen molar-refractivity contribution in [2.75, 3.05) is 13.1 Å². The Kier molecular flexibility index (Phi) is 1.93. The van der Waals surface area contributed by atoms with Gasteiger partial charge in [-0.1, -0.05) is 0 Å². The van der Waals surface area contributed by atoms with E-state index in [-0.39, 0.29) is 0 Å². The third kappa shape index (κ3) is 1.16. The van der Waals surface area contributed by atoms with E-state index in [4.69, 9.17) is 0 Å². The maximum atomic E-state index is 3.39.